The highest BCUT2D eigenvalue weighted by molar-refractivity contribution is 5.79. The molecule has 23 heavy (non-hydrogen) atoms. The van der Waals surface area contributed by atoms with Crippen molar-refractivity contribution in [1.82, 2.24) is 14.8 Å². The van der Waals surface area contributed by atoms with Crippen molar-refractivity contribution in [1.29, 1.82) is 0 Å². The Morgan fingerprint density at radius 3 is 2.70 bits per heavy atom. The molecule has 1 saturated carbocycles. The second-order valence-electron chi connectivity index (χ2n) is 6.41. The molecule has 0 amide bonds. The molecule has 2 atom stereocenters. The normalized spacial score (nSPS) is 20.4. The molecule has 1 N–H and O–H groups in total. The molecule has 2 unspecified atom stereocenters. The van der Waals surface area contributed by atoms with E-state index in [1.165, 1.54) is 17.7 Å². The minimum Gasteiger partial charge on any atom is -0.356 e. The van der Waals surface area contributed by atoms with E-state index in [1.807, 2.05) is 7.05 Å². The lowest BCUT2D eigenvalue weighted by molar-refractivity contribution is 0.459. The molecule has 1 aromatic heterocycles. The molecule has 0 spiro atoms. The topological polar surface area (TPSA) is 32.6 Å². The monoisotopic (exact) mass is 310 g/mol. The van der Waals surface area contributed by atoms with Crippen molar-refractivity contribution in [3.8, 4) is 0 Å². The van der Waals surface area contributed by atoms with Gasteiger partial charge in [-0.25, -0.2) is 0 Å². The summed E-state index contributed by atoms with van der Waals surface area (Å²) in [6.07, 6.45) is 3.35. The highest BCUT2D eigenvalue weighted by atomic mass is 15.3. The van der Waals surface area contributed by atoms with E-state index in [4.69, 9.17) is 0 Å². The van der Waals surface area contributed by atoms with Gasteiger partial charge in [0.2, 0.25) is 0 Å². The fourth-order valence-corrected chi connectivity index (χ4v) is 3.17. The summed E-state index contributed by atoms with van der Waals surface area (Å²) in [6, 6.07) is 15.0. The van der Waals surface area contributed by atoms with Crippen molar-refractivity contribution < 1.29 is 0 Å². The summed E-state index contributed by atoms with van der Waals surface area (Å²) < 4.78 is 2.15. The van der Waals surface area contributed by atoms with Crippen molar-refractivity contribution >= 4 is 5.96 Å². The number of nitrogens with one attached hydrogen (secondary N) is 1. The van der Waals surface area contributed by atoms with Crippen LogP contribution < -0.4 is 5.32 Å². The molecule has 1 aliphatic rings. The molecule has 1 aliphatic carbocycles. The van der Waals surface area contributed by atoms with Crippen LogP contribution in [0.2, 0.25) is 0 Å². The molecule has 0 saturated heterocycles. The number of aryl methyl sites for hydroxylation is 1. The van der Waals surface area contributed by atoms with Crippen LogP contribution in [0.15, 0.2) is 53.7 Å². The minimum atomic E-state index is 0.708. The van der Waals surface area contributed by atoms with Gasteiger partial charge in [0.15, 0.2) is 5.96 Å². The molecule has 0 radical (unpaired) electrons. The maximum Gasteiger partial charge on any atom is 0.193 e. The fourth-order valence-electron chi connectivity index (χ4n) is 3.17. The van der Waals surface area contributed by atoms with Crippen molar-refractivity contribution in [2.24, 2.45) is 18.0 Å². The van der Waals surface area contributed by atoms with E-state index in [0.717, 1.165) is 25.0 Å². The average Bonchev–Trinajstić information content (AvgIpc) is 3.24. The molecule has 3 rings (SSSR count). The van der Waals surface area contributed by atoms with E-state index in [-0.39, 0.29) is 0 Å². The zero-order valence-corrected chi connectivity index (χ0v) is 14.2. The fraction of sp³-hybridized carbons (Fsp3) is 0.421. The van der Waals surface area contributed by atoms with Gasteiger partial charge in [0.1, 0.15) is 0 Å². The van der Waals surface area contributed by atoms with Gasteiger partial charge in [0.05, 0.1) is 6.54 Å². The first-order valence-electron chi connectivity index (χ1n) is 8.26. The zero-order valence-electron chi connectivity index (χ0n) is 14.2. The van der Waals surface area contributed by atoms with Crippen LogP contribution in [0.5, 0.6) is 0 Å². The van der Waals surface area contributed by atoms with E-state index >= 15 is 0 Å². The van der Waals surface area contributed by atoms with E-state index < -0.39 is 0 Å². The smallest absolute Gasteiger partial charge is 0.193 e. The Morgan fingerprint density at radius 1 is 1.26 bits per heavy atom. The van der Waals surface area contributed by atoms with Crippen LogP contribution >= 0.6 is 0 Å². The Hall–Kier alpha value is -2.23. The van der Waals surface area contributed by atoms with Crippen LogP contribution in [0.25, 0.3) is 0 Å². The second-order valence-corrected chi connectivity index (χ2v) is 6.41. The van der Waals surface area contributed by atoms with Gasteiger partial charge >= 0.3 is 0 Å². The predicted octanol–water partition coefficient (Wildman–Crippen LogP) is 2.84. The van der Waals surface area contributed by atoms with Gasteiger partial charge in [0, 0.05) is 39.6 Å². The predicted molar refractivity (Wildman–Crippen MR) is 95.5 cm³/mol. The Morgan fingerprint density at radius 2 is 2.04 bits per heavy atom. The van der Waals surface area contributed by atoms with Crippen molar-refractivity contribution in [2.45, 2.75) is 18.9 Å². The number of hydrogen-bond donors (Lipinski definition) is 1. The summed E-state index contributed by atoms with van der Waals surface area (Å²) >= 11 is 0. The first-order chi connectivity index (χ1) is 11.2. The van der Waals surface area contributed by atoms with Crippen molar-refractivity contribution in [3.63, 3.8) is 0 Å². The van der Waals surface area contributed by atoms with E-state index in [1.54, 1.807) is 0 Å². The summed E-state index contributed by atoms with van der Waals surface area (Å²) in [5.74, 6) is 2.39. The quantitative estimate of drug-likeness (QED) is 0.680. The lowest BCUT2D eigenvalue weighted by atomic mass is 10.1. The third kappa shape index (κ3) is 3.76. The van der Waals surface area contributed by atoms with Crippen LogP contribution in [0, 0.1) is 5.92 Å². The summed E-state index contributed by atoms with van der Waals surface area (Å²) in [6.45, 7) is 1.85. The number of benzene rings is 1. The van der Waals surface area contributed by atoms with Crippen LogP contribution in [-0.4, -0.2) is 36.1 Å². The highest BCUT2D eigenvalue weighted by Crippen LogP contribution is 2.46. The van der Waals surface area contributed by atoms with Crippen molar-refractivity contribution in [3.05, 3.63) is 59.9 Å². The molecular formula is C19H26N4. The van der Waals surface area contributed by atoms with Gasteiger partial charge in [-0.3, -0.25) is 4.99 Å². The van der Waals surface area contributed by atoms with E-state index in [0.29, 0.717) is 5.92 Å². The number of rotatable bonds is 5. The summed E-state index contributed by atoms with van der Waals surface area (Å²) in [5, 5.41) is 3.53. The largest absolute Gasteiger partial charge is 0.356 e. The standard InChI is InChI=1S/C19H26N4/c1-20-19(23(3)14-17-10-7-11-22(17)2)21-13-16-12-18(16)15-8-5-4-6-9-15/h4-11,16,18H,12-14H2,1-3H3,(H,20,21). The first-order valence-corrected chi connectivity index (χ1v) is 8.26. The Bertz CT molecular complexity index is 659. The molecule has 0 bridgehead atoms. The first kappa shape index (κ1) is 15.7. The van der Waals surface area contributed by atoms with Gasteiger partial charge in [-0.05, 0) is 36.0 Å². The molecule has 1 fully saturated rings. The van der Waals surface area contributed by atoms with Gasteiger partial charge < -0.3 is 14.8 Å². The number of hydrogen-bond acceptors (Lipinski definition) is 1. The Balaban J connectivity index is 1.50. The molecule has 0 aliphatic heterocycles. The second kappa shape index (κ2) is 6.90. The molecule has 1 aromatic carbocycles. The average molecular weight is 310 g/mol. The number of nitrogens with zero attached hydrogens (tertiary/aromatic N) is 3. The highest BCUT2D eigenvalue weighted by Gasteiger charge is 2.37. The van der Waals surface area contributed by atoms with Gasteiger partial charge in [0.25, 0.3) is 0 Å². The lowest BCUT2D eigenvalue weighted by Gasteiger charge is -2.22. The Labute approximate surface area is 138 Å². The molecular weight excluding hydrogens is 284 g/mol. The minimum absolute atomic E-state index is 0.708. The maximum atomic E-state index is 4.42. The lowest BCUT2D eigenvalue weighted by Crippen LogP contribution is -2.39. The number of aliphatic imine (C=N–C) groups is 1. The molecule has 1 heterocycles. The third-order valence-electron chi connectivity index (χ3n) is 4.70. The Kier molecular flexibility index (Phi) is 4.70. The van der Waals surface area contributed by atoms with E-state index in [9.17, 15) is 0 Å². The van der Waals surface area contributed by atoms with Gasteiger partial charge in [-0.2, -0.15) is 0 Å². The van der Waals surface area contributed by atoms with Gasteiger partial charge in [-0.1, -0.05) is 30.3 Å². The SMILES string of the molecule is CN=C(NCC1CC1c1ccccc1)N(C)Cc1cccn1C. The van der Waals surface area contributed by atoms with Crippen LogP contribution in [0.3, 0.4) is 0 Å². The van der Waals surface area contributed by atoms with Crippen molar-refractivity contribution in [2.75, 3.05) is 20.6 Å². The van der Waals surface area contributed by atoms with Crippen LogP contribution in [-0.2, 0) is 13.6 Å². The number of guanidine groups is 1. The maximum absolute atomic E-state index is 4.42. The summed E-state index contributed by atoms with van der Waals surface area (Å²) in [4.78, 5) is 6.59. The molecule has 122 valence electrons. The summed E-state index contributed by atoms with van der Waals surface area (Å²) in [5.41, 5.74) is 2.75. The molecule has 4 nitrogen and oxygen atoms in total. The molecule has 4 heteroatoms. The summed E-state index contributed by atoms with van der Waals surface area (Å²) in [7, 11) is 6.02. The van der Waals surface area contributed by atoms with Crippen LogP contribution in [0.1, 0.15) is 23.6 Å². The van der Waals surface area contributed by atoms with Gasteiger partial charge in [-0.15, -0.1) is 0 Å². The van der Waals surface area contributed by atoms with E-state index in [2.05, 4.69) is 82.5 Å². The molecule has 2 aromatic rings. The van der Waals surface area contributed by atoms with Crippen LogP contribution in [0.4, 0.5) is 0 Å². The third-order valence-corrected chi connectivity index (χ3v) is 4.70. The zero-order chi connectivity index (χ0) is 16.2. The number of aromatic nitrogens is 1.